The summed E-state index contributed by atoms with van der Waals surface area (Å²) >= 11 is 0. The molecule has 2 aromatic heterocycles. The maximum absolute atomic E-state index is 13.3. The Labute approximate surface area is 216 Å². The van der Waals surface area contributed by atoms with Crippen LogP contribution in [0.25, 0.3) is 0 Å². The molecule has 38 heavy (non-hydrogen) atoms. The van der Waals surface area contributed by atoms with Gasteiger partial charge in [0.05, 0.1) is 32.2 Å². The van der Waals surface area contributed by atoms with Crippen LogP contribution in [0.1, 0.15) is 39.7 Å². The summed E-state index contributed by atoms with van der Waals surface area (Å²) in [6.07, 6.45) is 1.53. The van der Waals surface area contributed by atoms with Crippen LogP contribution in [0.2, 0.25) is 0 Å². The van der Waals surface area contributed by atoms with Gasteiger partial charge in [-0.1, -0.05) is 6.07 Å². The Morgan fingerprint density at radius 3 is 2.53 bits per heavy atom. The summed E-state index contributed by atoms with van der Waals surface area (Å²) in [6.45, 7) is 1.55. The van der Waals surface area contributed by atoms with Crippen LogP contribution in [0.15, 0.2) is 68.9 Å². The molecule has 2 aromatic carbocycles. The molecule has 5 rings (SSSR count). The highest BCUT2D eigenvalue weighted by molar-refractivity contribution is 6.10. The molecule has 1 atom stereocenters. The van der Waals surface area contributed by atoms with E-state index in [2.05, 4.69) is 15.4 Å². The number of benzene rings is 2. The van der Waals surface area contributed by atoms with Crippen molar-refractivity contribution in [2.45, 2.75) is 19.4 Å². The molecule has 4 aromatic rings. The molecule has 11 heteroatoms. The van der Waals surface area contributed by atoms with E-state index in [1.54, 1.807) is 55.1 Å². The summed E-state index contributed by atoms with van der Waals surface area (Å²) in [4.78, 5) is 30.6. The first-order valence-corrected chi connectivity index (χ1v) is 11.6. The molecular weight excluding hydrogens is 492 g/mol. The number of phenols is 1. The van der Waals surface area contributed by atoms with Gasteiger partial charge in [-0.3, -0.25) is 4.79 Å². The number of aryl methyl sites for hydroxylation is 1. The second-order valence-corrected chi connectivity index (χ2v) is 8.62. The molecule has 1 amide bonds. The monoisotopic (exact) mass is 516 g/mol. The molecule has 0 saturated carbocycles. The number of carbonyl (C=O) groups is 1. The highest BCUT2D eigenvalue weighted by atomic mass is 16.5. The van der Waals surface area contributed by atoms with Crippen molar-refractivity contribution < 1.29 is 28.9 Å². The van der Waals surface area contributed by atoms with E-state index in [9.17, 15) is 19.8 Å². The van der Waals surface area contributed by atoms with Gasteiger partial charge >= 0.3 is 5.63 Å². The Morgan fingerprint density at radius 1 is 1.08 bits per heavy atom. The maximum atomic E-state index is 13.3. The van der Waals surface area contributed by atoms with Crippen molar-refractivity contribution in [2.75, 3.05) is 19.5 Å². The van der Waals surface area contributed by atoms with Gasteiger partial charge < -0.3 is 29.4 Å². The predicted molar refractivity (Wildman–Crippen MR) is 138 cm³/mol. The van der Waals surface area contributed by atoms with E-state index in [0.29, 0.717) is 17.0 Å². The lowest BCUT2D eigenvalue weighted by Gasteiger charge is -2.25. The van der Waals surface area contributed by atoms with Crippen molar-refractivity contribution in [1.29, 1.82) is 0 Å². The van der Waals surface area contributed by atoms with Gasteiger partial charge in [0.15, 0.2) is 17.3 Å². The summed E-state index contributed by atoms with van der Waals surface area (Å²) < 4.78 is 17.2. The molecule has 0 unspecified atom stereocenters. The number of carbonyl (C=O) groups excluding carboxylic acids is 1. The van der Waals surface area contributed by atoms with Gasteiger partial charge in [-0.05, 0) is 48.9 Å². The predicted octanol–water partition coefficient (Wildman–Crippen LogP) is 3.94. The van der Waals surface area contributed by atoms with Crippen LogP contribution in [0.4, 0.5) is 11.5 Å². The number of nitrogens with zero attached hydrogens (tertiary/aromatic N) is 3. The summed E-state index contributed by atoms with van der Waals surface area (Å²) in [5, 5.41) is 27.9. The lowest BCUT2D eigenvalue weighted by atomic mass is 9.95. The Kier molecular flexibility index (Phi) is 6.33. The second kappa shape index (κ2) is 9.77. The summed E-state index contributed by atoms with van der Waals surface area (Å²) in [5.41, 5.74) is 0.743. The van der Waals surface area contributed by atoms with Gasteiger partial charge in [-0.25, -0.2) is 14.5 Å². The quantitative estimate of drug-likeness (QED) is 0.349. The SMILES string of the molecule is COc1ccc(NC(=O)c2cnn3c2N=C(c2c(O)cc(C)oc2=O)C[C@@H]3c2ccc(O)c(OC)c2)cc1. The molecule has 0 radical (unpaired) electrons. The van der Waals surface area contributed by atoms with E-state index >= 15 is 0 Å². The van der Waals surface area contributed by atoms with Crippen LogP contribution >= 0.6 is 0 Å². The lowest BCUT2D eigenvalue weighted by Crippen LogP contribution is -2.25. The number of aromatic hydroxyl groups is 2. The number of fused-ring (bicyclic) bond motifs is 1. The van der Waals surface area contributed by atoms with E-state index < -0.39 is 17.6 Å². The third kappa shape index (κ3) is 4.45. The van der Waals surface area contributed by atoms with E-state index in [1.165, 1.54) is 25.4 Å². The standard InChI is InChI=1S/C27H24N4O7/c1-14-10-22(33)24(27(35)38-14)19-12-20(15-4-9-21(32)23(11-15)37-3)31-25(30-19)18(13-28-31)26(34)29-16-5-7-17(36-2)8-6-16/h4-11,13,20,32-33H,12H2,1-3H3,(H,29,34)/t20-/m1/s1. The number of aliphatic imine (C=N–C) groups is 1. The molecule has 0 spiro atoms. The van der Waals surface area contributed by atoms with Crippen LogP contribution in [0.3, 0.4) is 0 Å². The zero-order valence-corrected chi connectivity index (χ0v) is 20.8. The molecule has 0 saturated heterocycles. The summed E-state index contributed by atoms with van der Waals surface area (Å²) in [5.74, 6) is 0.531. The first-order chi connectivity index (χ1) is 18.3. The number of hydrogen-bond acceptors (Lipinski definition) is 9. The first-order valence-electron chi connectivity index (χ1n) is 11.6. The van der Waals surface area contributed by atoms with Gasteiger partial charge in [0.25, 0.3) is 5.91 Å². The molecule has 3 heterocycles. The van der Waals surface area contributed by atoms with Crippen LogP contribution in [-0.4, -0.2) is 45.8 Å². The van der Waals surface area contributed by atoms with E-state index in [-0.39, 0.29) is 52.1 Å². The zero-order chi connectivity index (χ0) is 27.0. The molecule has 0 bridgehead atoms. The Balaban J connectivity index is 1.62. The molecule has 194 valence electrons. The lowest BCUT2D eigenvalue weighted by molar-refractivity contribution is 0.102. The molecule has 3 N–H and O–H groups in total. The Bertz CT molecular complexity index is 1620. The highest BCUT2D eigenvalue weighted by Crippen LogP contribution is 2.39. The molecule has 0 aliphatic carbocycles. The van der Waals surface area contributed by atoms with Crippen LogP contribution in [0.5, 0.6) is 23.0 Å². The number of rotatable bonds is 6. The topological polar surface area (TPSA) is 148 Å². The van der Waals surface area contributed by atoms with E-state index in [1.807, 2.05) is 0 Å². The van der Waals surface area contributed by atoms with Crippen molar-refractivity contribution in [3.05, 3.63) is 87.6 Å². The van der Waals surface area contributed by atoms with Crippen molar-refractivity contribution in [1.82, 2.24) is 9.78 Å². The van der Waals surface area contributed by atoms with Gasteiger partial charge in [0, 0.05) is 18.2 Å². The number of ether oxygens (including phenoxy) is 2. The van der Waals surface area contributed by atoms with Crippen LogP contribution in [-0.2, 0) is 0 Å². The first kappa shape index (κ1) is 24.6. The minimum atomic E-state index is -0.750. The Hall–Kier alpha value is -5.06. The highest BCUT2D eigenvalue weighted by Gasteiger charge is 2.32. The van der Waals surface area contributed by atoms with Crippen molar-refractivity contribution in [2.24, 2.45) is 4.99 Å². The fourth-order valence-electron chi connectivity index (χ4n) is 4.35. The number of amides is 1. The number of aromatic nitrogens is 2. The average molecular weight is 517 g/mol. The smallest absolute Gasteiger partial charge is 0.348 e. The second-order valence-electron chi connectivity index (χ2n) is 8.62. The number of methoxy groups -OCH3 is 2. The van der Waals surface area contributed by atoms with Gasteiger partial charge in [0.1, 0.15) is 28.4 Å². The van der Waals surface area contributed by atoms with E-state index in [0.717, 1.165) is 0 Å². The fourth-order valence-corrected chi connectivity index (χ4v) is 4.35. The number of anilines is 1. The Morgan fingerprint density at radius 2 is 1.84 bits per heavy atom. The molecule has 11 nitrogen and oxygen atoms in total. The van der Waals surface area contributed by atoms with Crippen molar-refractivity contribution >= 4 is 23.1 Å². The van der Waals surface area contributed by atoms with Crippen LogP contribution in [0, 0.1) is 6.92 Å². The van der Waals surface area contributed by atoms with E-state index in [4.69, 9.17) is 13.9 Å². The maximum Gasteiger partial charge on any atom is 0.348 e. The van der Waals surface area contributed by atoms with Gasteiger partial charge in [-0.2, -0.15) is 5.10 Å². The fraction of sp³-hybridized carbons (Fsp3) is 0.185. The van der Waals surface area contributed by atoms with Crippen molar-refractivity contribution in [3.8, 4) is 23.0 Å². The minimum Gasteiger partial charge on any atom is -0.507 e. The summed E-state index contributed by atoms with van der Waals surface area (Å²) in [6, 6.07) is 12.4. The largest absolute Gasteiger partial charge is 0.507 e. The zero-order valence-electron chi connectivity index (χ0n) is 20.8. The number of phenolic OH excluding ortho intramolecular Hbond substituents is 1. The molecule has 1 aliphatic heterocycles. The number of hydrogen-bond donors (Lipinski definition) is 3. The van der Waals surface area contributed by atoms with Gasteiger partial charge in [-0.15, -0.1) is 0 Å². The van der Waals surface area contributed by atoms with Gasteiger partial charge in [0.2, 0.25) is 0 Å². The van der Waals surface area contributed by atoms with Crippen LogP contribution < -0.4 is 20.4 Å². The summed E-state index contributed by atoms with van der Waals surface area (Å²) in [7, 11) is 2.98. The molecular formula is C27H24N4O7. The molecule has 1 aliphatic rings. The average Bonchev–Trinajstić information content (AvgIpc) is 3.33. The minimum absolute atomic E-state index is 0.0435. The third-order valence-electron chi connectivity index (χ3n) is 6.22. The van der Waals surface area contributed by atoms with Crippen molar-refractivity contribution in [3.63, 3.8) is 0 Å². The molecule has 0 fully saturated rings. The number of nitrogens with one attached hydrogen (secondary N) is 1. The third-order valence-corrected chi connectivity index (χ3v) is 6.22. The normalized spacial score (nSPS) is 14.4.